The highest BCUT2D eigenvalue weighted by Gasteiger charge is 2.39. The number of hydrogen-bond donors (Lipinski definition) is 0. The van der Waals surface area contributed by atoms with Gasteiger partial charge in [0.25, 0.3) is 0 Å². The number of rotatable bonds is 3. The first-order valence-corrected chi connectivity index (χ1v) is 5.57. The predicted molar refractivity (Wildman–Crippen MR) is 55.6 cm³/mol. The van der Waals surface area contributed by atoms with Gasteiger partial charge in [0.2, 0.25) is 0 Å². The Hall–Kier alpha value is -0.0800. The molecule has 13 heavy (non-hydrogen) atoms. The van der Waals surface area contributed by atoms with Crippen LogP contribution >= 0.6 is 0 Å². The van der Waals surface area contributed by atoms with Crippen LogP contribution in [-0.4, -0.2) is 56.7 Å². The summed E-state index contributed by atoms with van der Waals surface area (Å²) in [6, 6.07) is 0. The maximum Gasteiger partial charge on any atom is 0.0909 e. The zero-order chi connectivity index (χ0) is 9.47. The van der Waals surface area contributed by atoms with Crippen molar-refractivity contribution in [1.82, 2.24) is 4.90 Å². The number of quaternary nitrogens is 1. The Morgan fingerprint density at radius 2 is 1.62 bits per heavy atom. The first-order chi connectivity index (χ1) is 6.04. The number of nitrogens with zero attached hydrogens (tertiary/aromatic N) is 2. The van der Waals surface area contributed by atoms with E-state index < -0.39 is 0 Å². The van der Waals surface area contributed by atoms with Crippen LogP contribution in [0.5, 0.6) is 0 Å². The molecule has 2 atom stereocenters. The summed E-state index contributed by atoms with van der Waals surface area (Å²) in [6.07, 6.45) is 3.01. The standard InChI is InChI=1S/C11H23N2/c1-13(2,3)7-6-12-8-10-4-5-11(10)9-12/h10-11H,4-9H2,1-3H3/q+1. The smallest absolute Gasteiger partial charge is 0.0909 e. The van der Waals surface area contributed by atoms with Gasteiger partial charge in [0, 0.05) is 19.6 Å². The van der Waals surface area contributed by atoms with Crippen molar-refractivity contribution in [3.05, 3.63) is 0 Å². The highest BCUT2D eigenvalue weighted by Crippen LogP contribution is 2.40. The summed E-state index contributed by atoms with van der Waals surface area (Å²) >= 11 is 0. The number of fused-ring (bicyclic) bond motifs is 1. The fourth-order valence-electron chi connectivity index (χ4n) is 2.48. The Morgan fingerprint density at radius 3 is 2.00 bits per heavy atom. The van der Waals surface area contributed by atoms with Crippen LogP contribution in [0.15, 0.2) is 0 Å². The predicted octanol–water partition coefficient (Wildman–Crippen LogP) is 1.03. The molecule has 1 aliphatic carbocycles. The lowest BCUT2D eigenvalue weighted by atomic mass is 9.77. The summed E-state index contributed by atoms with van der Waals surface area (Å²) in [5.41, 5.74) is 0. The second-order valence-electron chi connectivity index (χ2n) is 5.87. The van der Waals surface area contributed by atoms with E-state index in [2.05, 4.69) is 26.0 Å². The molecule has 0 amide bonds. The van der Waals surface area contributed by atoms with E-state index in [0.717, 1.165) is 16.3 Å². The second-order valence-corrected chi connectivity index (χ2v) is 5.87. The van der Waals surface area contributed by atoms with Crippen molar-refractivity contribution in [2.45, 2.75) is 12.8 Å². The molecule has 0 bridgehead atoms. The Labute approximate surface area is 82.1 Å². The molecular weight excluding hydrogens is 160 g/mol. The van der Waals surface area contributed by atoms with Crippen molar-refractivity contribution >= 4 is 0 Å². The molecule has 2 heteroatoms. The molecule has 1 saturated carbocycles. The summed E-state index contributed by atoms with van der Waals surface area (Å²) in [4.78, 5) is 2.67. The normalized spacial score (nSPS) is 34.4. The molecule has 0 spiro atoms. The van der Waals surface area contributed by atoms with E-state index in [4.69, 9.17) is 0 Å². The van der Waals surface area contributed by atoms with Gasteiger partial charge in [0.1, 0.15) is 0 Å². The van der Waals surface area contributed by atoms with Crippen molar-refractivity contribution in [2.24, 2.45) is 11.8 Å². The molecule has 2 nitrogen and oxygen atoms in total. The molecule has 76 valence electrons. The van der Waals surface area contributed by atoms with Crippen LogP contribution in [0.25, 0.3) is 0 Å². The average Bonchev–Trinajstić information content (AvgIpc) is 2.24. The van der Waals surface area contributed by atoms with E-state index in [1.165, 1.54) is 39.0 Å². The molecule has 1 saturated heterocycles. The van der Waals surface area contributed by atoms with Gasteiger partial charge in [-0.3, -0.25) is 4.90 Å². The van der Waals surface area contributed by atoms with E-state index in [1.807, 2.05) is 0 Å². The van der Waals surface area contributed by atoms with Crippen molar-refractivity contribution in [3.8, 4) is 0 Å². The van der Waals surface area contributed by atoms with Crippen LogP contribution in [0.3, 0.4) is 0 Å². The van der Waals surface area contributed by atoms with E-state index in [1.54, 1.807) is 0 Å². The zero-order valence-corrected chi connectivity index (χ0v) is 9.29. The van der Waals surface area contributed by atoms with Crippen LogP contribution in [0.4, 0.5) is 0 Å². The van der Waals surface area contributed by atoms with E-state index in [9.17, 15) is 0 Å². The molecule has 0 N–H and O–H groups in total. The minimum absolute atomic E-state index is 1.08. The monoisotopic (exact) mass is 183 g/mol. The molecule has 0 aromatic rings. The lowest BCUT2D eigenvalue weighted by Crippen LogP contribution is -2.41. The first kappa shape index (κ1) is 9.47. The quantitative estimate of drug-likeness (QED) is 0.591. The second kappa shape index (κ2) is 3.25. The Morgan fingerprint density at radius 1 is 1.08 bits per heavy atom. The Kier molecular flexibility index (Phi) is 2.37. The summed E-state index contributed by atoms with van der Waals surface area (Å²) in [7, 11) is 6.85. The van der Waals surface area contributed by atoms with Crippen LogP contribution in [0.1, 0.15) is 12.8 Å². The first-order valence-electron chi connectivity index (χ1n) is 5.57. The molecule has 1 aliphatic heterocycles. The zero-order valence-electron chi connectivity index (χ0n) is 9.29. The summed E-state index contributed by atoms with van der Waals surface area (Å²) in [5.74, 6) is 2.15. The third kappa shape index (κ3) is 2.23. The topological polar surface area (TPSA) is 3.24 Å². The van der Waals surface area contributed by atoms with Gasteiger partial charge < -0.3 is 4.48 Å². The molecule has 0 aromatic carbocycles. The third-order valence-electron chi connectivity index (χ3n) is 3.65. The average molecular weight is 183 g/mol. The van der Waals surface area contributed by atoms with Gasteiger partial charge in [-0.25, -0.2) is 0 Å². The van der Waals surface area contributed by atoms with E-state index in [0.29, 0.717) is 0 Å². The fraction of sp³-hybridized carbons (Fsp3) is 1.00. The molecule has 1 heterocycles. The maximum absolute atomic E-state index is 2.67. The van der Waals surface area contributed by atoms with Crippen LogP contribution in [-0.2, 0) is 0 Å². The molecule has 0 aromatic heterocycles. The Balaban J connectivity index is 1.72. The minimum atomic E-state index is 1.08. The van der Waals surface area contributed by atoms with Crippen molar-refractivity contribution in [2.75, 3.05) is 47.3 Å². The minimum Gasteiger partial charge on any atom is -0.330 e. The molecular formula is C11H23N2+. The van der Waals surface area contributed by atoms with Crippen LogP contribution < -0.4 is 0 Å². The number of hydrogen-bond acceptors (Lipinski definition) is 1. The highest BCUT2D eigenvalue weighted by molar-refractivity contribution is 4.91. The molecule has 2 fully saturated rings. The van der Waals surface area contributed by atoms with Crippen molar-refractivity contribution in [3.63, 3.8) is 0 Å². The summed E-state index contributed by atoms with van der Waals surface area (Å²) in [6.45, 7) is 5.38. The van der Waals surface area contributed by atoms with Crippen LogP contribution in [0, 0.1) is 11.8 Å². The lowest BCUT2D eigenvalue weighted by Gasteiger charge is -2.28. The van der Waals surface area contributed by atoms with Crippen LogP contribution in [0.2, 0.25) is 0 Å². The largest absolute Gasteiger partial charge is 0.330 e. The molecule has 0 radical (unpaired) electrons. The van der Waals surface area contributed by atoms with E-state index in [-0.39, 0.29) is 0 Å². The summed E-state index contributed by atoms with van der Waals surface area (Å²) < 4.78 is 1.10. The van der Waals surface area contributed by atoms with Gasteiger partial charge in [0.05, 0.1) is 27.7 Å². The highest BCUT2D eigenvalue weighted by atomic mass is 15.3. The maximum atomic E-state index is 2.67. The molecule has 2 rings (SSSR count). The molecule has 2 unspecified atom stereocenters. The van der Waals surface area contributed by atoms with E-state index >= 15 is 0 Å². The lowest BCUT2D eigenvalue weighted by molar-refractivity contribution is -0.869. The fourth-order valence-corrected chi connectivity index (χ4v) is 2.48. The van der Waals surface area contributed by atoms with Gasteiger partial charge in [-0.1, -0.05) is 0 Å². The third-order valence-corrected chi connectivity index (χ3v) is 3.65. The van der Waals surface area contributed by atoms with Crippen molar-refractivity contribution in [1.29, 1.82) is 0 Å². The van der Waals surface area contributed by atoms with Gasteiger partial charge in [-0.2, -0.15) is 0 Å². The van der Waals surface area contributed by atoms with Gasteiger partial charge >= 0.3 is 0 Å². The Bertz CT molecular complexity index is 171. The van der Waals surface area contributed by atoms with Gasteiger partial charge in [-0.15, -0.1) is 0 Å². The molecule has 2 aliphatic rings. The number of likely N-dealkylation sites (N-methyl/N-ethyl adjacent to an activating group) is 1. The van der Waals surface area contributed by atoms with Gasteiger partial charge in [-0.05, 0) is 24.7 Å². The summed E-state index contributed by atoms with van der Waals surface area (Å²) in [5, 5.41) is 0. The van der Waals surface area contributed by atoms with Crippen molar-refractivity contribution < 1.29 is 4.48 Å². The number of likely N-dealkylation sites (tertiary alicyclic amines) is 1. The SMILES string of the molecule is C[N+](C)(C)CCN1CC2CCC2C1. The van der Waals surface area contributed by atoms with Gasteiger partial charge in [0.15, 0.2) is 0 Å².